The highest BCUT2D eigenvalue weighted by atomic mass is 32.2. The molecule has 0 spiro atoms. The van der Waals surface area contributed by atoms with Gasteiger partial charge < -0.3 is 4.74 Å². The van der Waals surface area contributed by atoms with E-state index in [1.54, 1.807) is 4.68 Å². The van der Waals surface area contributed by atoms with Gasteiger partial charge in [0.25, 0.3) is 0 Å². The predicted molar refractivity (Wildman–Crippen MR) is 73.8 cm³/mol. The van der Waals surface area contributed by atoms with Crippen LogP contribution in [0.2, 0.25) is 0 Å². The van der Waals surface area contributed by atoms with E-state index in [1.165, 1.54) is 11.8 Å². The molecule has 0 unspecified atom stereocenters. The van der Waals surface area contributed by atoms with Gasteiger partial charge >= 0.3 is 5.97 Å². The topological polar surface area (TPSA) is 69.9 Å². The summed E-state index contributed by atoms with van der Waals surface area (Å²) in [4.78, 5) is 11.5. The van der Waals surface area contributed by atoms with Gasteiger partial charge in [-0.15, -0.1) is 5.10 Å². The van der Waals surface area contributed by atoms with Crippen LogP contribution in [0.15, 0.2) is 23.4 Å². The molecule has 1 fully saturated rings. The monoisotopic (exact) mass is 290 g/mol. The number of tetrazole rings is 1. The van der Waals surface area contributed by atoms with Crippen molar-refractivity contribution in [2.24, 2.45) is 0 Å². The molecule has 0 bridgehead atoms. The van der Waals surface area contributed by atoms with Gasteiger partial charge in [-0.3, -0.25) is 4.79 Å². The number of hydrogen-bond acceptors (Lipinski definition) is 6. The van der Waals surface area contributed by atoms with Gasteiger partial charge in [-0.2, -0.15) is 4.68 Å². The van der Waals surface area contributed by atoms with E-state index in [-0.39, 0.29) is 11.2 Å². The Hall–Kier alpha value is -1.89. The average molecular weight is 290 g/mol. The number of aromatic nitrogens is 4. The van der Waals surface area contributed by atoms with Crippen molar-refractivity contribution < 1.29 is 9.53 Å². The largest absolute Gasteiger partial charge is 0.465 e. The zero-order valence-electron chi connectivity index (χ0n) is 11.2. The van der Waals surface area contributed by atoms with E-state index in [0.29, 0.717) is 18.2 Å². The number of ether oxygens (including phenoxy) is 1. The summed E-state index contributed by atoms with van der Waals surface area (Å²) in [5.74, 6) is -0.189. The number of aryl methyl sites for hydroxylation is 2. The quantitative estimate of drug-likeness (QED) is 0.801. The minimum absolute atomic E-state index is 0.189. The van der Waals surface area contributed by atoms with Crippen LogP contribution in [0.5, 0.6) is 0 Å². The molecule has 6 nitrogen and oxygen atoms in total. The molecule has 0 N–H and O–H groups in total. The summed E-state index contributed by atoms with van der Waals surface area (Å²) in [5.41, 5.74) is 3.15. The molecular formula is C13H14N4O2S. The van der Waals surface area contributed by atoms with Gasteiger partial charge in [0.2, 0.25) is 5.16 Å². The fraction of sp³-hybridized carbons (Fsp3) is 0.385. The lowest BCUT2D eigenvalue weighted by molar-refractivity contribution is -0.137. The molecule has 0 amide bonds. The van der Waals surface area contributed by atoms with Crippen LogP contribution in [-0.4, -0.2) is 38.0 Å². The molecule has 1 aliphatic rings. The Morgan fingerprint density at radius 2 is 2.25 bits per heavy atom. The predicted octanol–water partition coefficient (Wildman–Crippen LogP) is 1.69. The van der Waals surface area contributed by atoms with Crippen LogP contribution in [0.4, 0.5) is 0 Å². The molecule has 0 saturated carbocycles. The lowest BCUT2D eigenvalue weighted by Gasteiger charge is -2.09. The van der Waals surface area contributed by atoms with E-state index in [9.17, 15) is 4.79 Å². The van der Waals surface area contributed by atoms with Crippen LogP contribution in [-0.2, 0) is 9.53 Å². The summed E-state index contributed by atoms with van der Waals surface area (Å²) in [6, 6.07) is 6.11. The van der Waals surface area contributed by atoms with Crippen molar-refractivity contribution in [1.82, 2.24) is 20.2 Å². The van der Waals surface area contributed by atoms with Crippen LogP contribution in [0.3, 0.4) is 0 Å². The van der Waals surface area contributed by atoms with E-state index < -0.39 is 0 Å². The van der Waals surface area contributed by atoms with E-state index in [4.69, 9.17) is 4.74 Å². The van der Waals surface area contributed by atoms with Crippen molar-refractivity contribution >= 4 is 17.7 Å². The number of thioether (sulfide) groups is 1. The van der Waals surface area contributed by atoms with Crippen LogP contribution in [0, 0.1) is 13.8 Å². The van der Waals surface area contributed by atoms with Gasteiger partial charge in [-0.1, -0.05) is 23.9 Å². The van der Waals surface area contributed by atoms with Crippen molar-refractivity contribution in [2.75, 3.05) is 6.61 Å². The second-order valence-corrected chi connectivity index (χ2v) is 5.90. The highest BCUT2D eigenvalue weighted by Gasteiger charge is 2.29. The Morgan fingerprint density at radius 1 is 1.40 bits per heavy atom. The molecule has 1 aromatic carbocycles. The first-order valence-electron chi connectivity index (χ1n) is 6.34. The van der Waals surface area contributed by atoms with E-state index in [2.05, 4.69) is 15.5 Å². The van der Waals surface area contributed by atoms with E-state index >= 15 is 0 Å². The highest BCUT2D eigenvalue weighted by Crippen LogP contribution is 2.29. The second-order valence-electron chi connectivity index (χ2n) is 4.73. The fourth-order valence-electron chi connectivity index (χ4n) is 2.06. The molecule has 7 heteroatoms. The third kappa shape index (κ3) is 2.40. The number of carbonyl (C=O) groups is 1. The summed E-state index contributed by atoms with van der Waals surface area (Å²) in [6.45, 7) is 4.50. The maximum Gasteiger partial charge on any atom is 0.319 e. The standard InChI is InChI=1S/C13H14N4O2S/c1-8-3-4-9(2)10(7-8)17-13(14-15-16-17)20-11-5-6-19-12(11)18/h3-4,7,11H,5-6H2,1-2H3/t11-/m1/s1. The number of rotatable bonds is 3. The van der Waals surface area contributed by atoms with Gasteiger partial charge in [0, 0.05) is 6.42 Å². The third-order valence-corrected chi connectivity index (χ3v) is 4.35. The number of benzene rings is 1. The van der Waals surface area contributed by atoms with Crippen LogP contribution < -0.4 is 0 Å². The normalized spacial score (nSPS) is 18.3. The Morgan fingerprint density at radius 3 is 3.00 bits per heavy atom. The zero-order valence-corrected chi connectivity index (χ0v) is 12.1. The first-order chi connectivity index (χ1) is 9.65. The molecule has 2 aromatic rings. The number of hydrogen-bond donors (Lipinski definition) is 0. The van der Waals surface area contributed by atoms with Crippen molar-refractivity contribution in [3.05, 3.63) is 29.3 Å². The minimum Gasteiger partial charge on any atom is -0.465 e. The molecular weight excluding hydrogens is 276 g/mol. The number of esters is 1. The molecule has 104 valence electrons. The summed E-state index contributed by atoms with van der Waals surface area (Å²) < 4.78 is 6.64. The summed E-state index contributed by atoms with van der Waals surface area (Å²) in [7, 11) is 0. The molecule has 1 atom stereocenters. The second kappa shape index (κ2) is 5.24. The van der Waals surface area contributed by atoms with Crippen molar-refractivity contribution in [2.45, 2.75) is 30.7 Å². The lowest BCUT2D eigenvalue weighted by Crippen LogP contribution is -2.11. The molecule has 0 aliphatic carbocycles. The zero-order chi connectivity index (χ0) is 14.1. The summed E-state index contributed by atoms with van der Waals surface area (Å²) in [5, 5.41) is 12.2. The molecule has 3 rings (SSSR count). The maximum absolute atomic E-state index is 11.5. The Kier molecular flexibility index (Phi) is 3.43. The Labute approximate surface area is 120 Å². The van der Waals surface area contributed by atoms with E-state index in [1.807, 2.05) is 32.0 Å². The first kappa shape index (κ1) is 13.1. The minimum atomic E-state index is -0.218. The average Bonchev–Trinajstić information content (AvgIpc) is 3.03. The van der Waals surface area contributed by atoms with E-state index in [0.717, 1.165) is 16.8 Å². The Balaban J connectivity index is 1.93. The van der Waals surface area contributed by atoms with Crippen LogP contribution in [0.25, 0.3) is 5.69 Å². The van der Waals surface area contributed by atoms with Crippen molar-refractivity contribution in [3.63, 3.8) is 0 Å². The molecule has 2 heterocycles. The SMILES string of the molecule is Cc1ccc(C)c(-n2nnnc2S[C@@H]2CCOC2=O)c1. The van der Waals surface area contributed by atoms with Gasteiger partial charge in [-0.25, -0.2) is 0 Å². The number of nitrogens with zero attached hydrogens (tertiary/aromatic N) is 4. The van der Waals surface area contributed by atoms with Gasteiger partial charge in [0.15, 0.2) is 0 Å². The van der Waals surface area contributed by atoms with Crippen molar-refractivity contribution in [3.8, 4) is 5.69 Å². The van der Waals surface area contributed by atoms with Crippen LogP contribution in [0.1, 0.15) is 17.5 Å². The highest BCUT2D eigenvalue weighted by molar-refractivity contribution is 8.00. The Bertz CT molecular complexity index is 656. The number of carbonyl (C=O) groups excluding carboxylic acids is 1. The van der Waals surface area contributed by atoms with Crippen molar-refractivity contribution in [1.29, 1.82) is 0 Å². The van der Waals surface area contributed by atoms with Gasteiger partial charge in [-0.05, 0) is 41.5 Å². The molecule has 0 radical (unpaired) electrons. The molecule has 1 aromatic heterocycles. The summed E-state index contributed by atoms with van der Waals surface area (Å²) in [6.07, 6.45) is 0.698. The fourth-order valence-corrected chi connectivity index (χ4v) is 3.01. The van der Waals surface area contributed by atoms with Gasteiger partial charge in [0.1, 0.15) is 5.25 Å². The van der Waals surface area contributed by atoms with Gasteiger partial charge in [0.05, 0.1) is 12.3 Å². The lowest BCUT2D eigenvalue weighted by atomic mass is 10.1. The van der Waals surface area contributed by atoms with Crippen LogP contribution >= 0.6 is 11.8 Å². The molecule has 1 aliphatic heterocycles. The first-order valence-corrected chi connectivity index (χ1v) is 7.22. The molecule has 20 heavy (non-hydrogen) atoms. The number of cyclic esters (lactones) is 1. The third-order valence-electron chi connectivity index (χ3n) is 3.17. The summed E-state index contributed by atoms with van der Waals surface area (Å²) >= 11 is 1.35. The smallest absolute Gasteiger partial charge is 0.319 e. The maximum atomic E-state index is 11.5. The molecule has 1 saturated heterocycles.